The van der Waals surface area contributed by atoms with Crippen LogP contribution in [0, 0.1) is 17.1 Å². The number of nitriles is 1. The third-order valence-electron chi connectivity index (χ3n) is 2.91. The summed E-state index contributed by atoms with van der Waals surface area (Å²) in [6, 6.07) is 6.44. The number of hydrogen-bond acceptors (Lipinski definition) is 3. The van der Waals surface area contributed by atoms with Gasteiger partial charge in [0.1, 0.15) is 11.9 Å². The van der Waals surface area contributed by atoms with Crippen molar-refractivity contribution in [1.29, 1.82) is 5.26 Å². The Morgan fingerprint density at radius 1 is 1.53 bits per heavy atom. The summed E-state index contributed by atoms with van der Waals surface area (Å²) in [6.45, 7) is 0.420. The fourth-order valence-corrected chi connectivity index (χ4v) is 1.77. The Labute approximate surface area is 87.2 Å². The topological polar surface area (TPSA) is 59.0 Å². The highest BCUT2D eigenvalue weighted by Crippen LogP contribution is 2.48. The van der Waals surface area contributed by atoms with E-state index in [0.717, 1.165) is 18.4 Å². The monoisotopic (exact) mass is 206 g/mol. The first-order valence-corrected chi connectivity index (χ1v) is 4.74. The van der Waals surface area contributed by atoms with E-state index in [1.807, 2.05) is 6.07 Å². The average Bonchev–Trinajstić information content (AvgIpc) is 3.00. The standard InChI is InChI=1S/C11H11FN2O/c12-10-2-1-9(5-8(10)6-13)11(3-4-11)7-15-14/h1-2,5H,3-4,7,14H2. The molecule has 1 saturated carbocycles. The van der Waals surface area contributed by atoms with Crippen LogP contribution in [0.1, 0.15) is 24.0 Å². The number of hydrogen-bond donors (Lipinski definition) is 1. The van der Waals surface area contributed by atoms with Crippen molar-refractivity contribution in [2.75, 3.05) is 6.61 Å². The number of benzene rings is 1. The molecule has 0 bridgehead atoms. The quantitative estimate of drug-likeness (QED) is 0.764. The SMILES string of the molecule is N#Cc1cc(C2(CON)CC2)ccc1F. The molecule has 1 aliphatic carbocycles. The molecule has 3 nitrogen and oxygen atoms in total. The van der Waals surface area contributed by atoms with Crippen molar-refractivity contribution in [3.63, 3.8) is 0 Å². The molecule has 1 aromatic rings. The fourth-order valence-electron chi connectivity index (χ4n) is 1.77. The largest absolute Gasteiger partial charge is 0.304 e. The van der Waals surface area contributed by atoms with Crippen LogP contribution in [0.15, 0.2) is 18.2 Å². The second kappa shape index (κ2) is 3.61. The maximum absolute atomic E-state index is 13.1. The van der Waals surface area contributed by atoms with Crippen molar-refractivity contribution in [3.8, 4) is 6.07 Å². The van der Waals surface area contributed by atoms with Crippen molar-refractivity contribution in [3.05, 3.63) is 35.1 Å². The van der Waals surface area contributed by atoms with Crippen LogP contribution in [0.3, 0.4) is 0 Å². The summed E-state index contributed by atoms with van der Waals surface area (Å²) >= 11 is 0. The molecule has 4 heteroatoms. The molecule has 1 aromatic carbocycles. The molecular formula is C11H11FN2O. The van der Waals surface area contributed by atoms with Crippen molar-refractivity contribution >= 4 is 0 Å². The molecule has 0 aromatic heterocycles. The first-order valence-electron chi connectivity index (χ1n) is 4.74. The van der Waals surface area contributed by atoms with Crippen LogP contribution in [0.2, 0.25) is 0 Å². The Balaban J connectivity index is 2.34. The summed E-state index contributed by atoms with van der Waals surface area (Å²) < 4.78 is 13.1. The molecule has 0 spiro atoms. The molecular weight excluding hydrogens is 195 g/mol. The van der Waals surface area contributed by atoms with Crippen LogP contribution >= 0.6 is 0 Å². The molecule has 0 aliphatic heterocycles. The van der Waals surface area contributed by atoms with Gasteiger partial charge in [-0.25, -0.2) is 10.3 Å². The number of nitrogens with zero attached hydrogens (tertiary/aromatic N) is 1. The van der Waals surface area contributed by atoms with Gasteiger partial charge in [0.25, 0.3) is 0 Å². The second-order valence-electron chi connectivity index (χ2n) is 3.90. The highest BCUT2D eigenvalue weighted by molar-refractivity contribution is 5.40. The van der Waals surface area contributed by atoms with Crippen molar-refractivity contribution in [1.82, 2.24) is 0 Å². The summed E-state index contributed by atoms with van der Waals surface area (Å²) in [5.74, 6) is 4.57. The zero-order valence-corrected chi connectivity index (χ0v) is 8.16. The van der Waals surface area contributed by atoms with E-state index in [4.69, 9.17) is 11.2 Å². The number of rotatable bonds is 3. The molecule has 15 heavy (non-hydrogen) atoms. The third kappa shape index (κ3) is 1.72. The highest BCUT2D eigenvalue weighted by Gasteiger charge is 2.44. The van der Waals surface area contributed by atoms with E-state index in [1.54, 1.807) is 12.1 Å². The lowest BCUT2D eigenvalue weighted by Gasteiger charge is -2.14. The fraction of sp³-hybridized carbons (Fsp3) is 0.364. The lowest BCUT2D eigenvalue weighted by Crippen LogP contribution is -2.18. The van der Waals surface area contributed by atoms with Crippen LogP contribution in [0.4, 0.5) is 4.39 Å². The van der Waals surface area contributed by atoms with E-state index in [1.165, 1.54) is 6.07 Å². The Bertz CT molecular complexity index is 421. The van der Waals surface area contributed by atoms with Crippen LogP contribution in [0.5, 0.6) is 0 Å². The van der Waals surface area contributed by atoms with E-state index >= 15 is 0 Å². The number of nitrogens with two attached hydrogens (primary N) is 1. The zero-order chi connectivity index (χ0) is 10.9. The Morgan fingerprint density at radius 3 is 2.80 bits per heavy atom. The van der Waals surface area contributed by atoms with Crippen LogP contribution in [-0.2, 0) is 10.3 Å². The minimum Gasteiger partial charge on any atom is -0.304 e. The van der Waals surface area contributed by atoms with Crippen molar-refractivity contribution in [2.24, 2.45) is 5.90 Å². The maximum Gasteiger partial charge on any atom is 0.140 e. The van der Waals surface area contributed by atoms with E-state index in [2.05, 4.69) is 4.84 Å². The lowest BCUT2D eigenvalue weighted by atomic mass is 9.95. The molecule has 2 N–H and O–H groups in total. The number of halogens is 1. The lowest BCUT2D eigenvalue weighted by molar-refractivity contribution is 0.116. The van der Waals surface area contributed by atoms with Gasteiger partial charge in [0.05, 0.1) is 12.2 Å². The summed E-state index contributed by atoms with van der Waals surface area (Å²) in [5.41, 5.74) is 0.926. The Morgan fingerprint density at radius 2 is 2.27 bits per heavy atom. The average molecular weight is 206 g/mol. The van der Waals surface area contributed by atoms with Gasteiger partial charge >= 0.3 is 0 Å². The van der Waals surface area contributed by atoms with Gasteiger partial charge in [0.15, 0.2) is 0 Å². The van der Waals surface area contributed by atoms with Gasteiger partial charge in [0, 0.05) is 5.41 Å². The van der Waals surface area contributed by atoms with Gasteiger partial charge in [-0.05, 0) is 30.5 Å². The van der Waals surface area contributed by atoms with E-state index < -0.39 is 5.82 Å². The summed E-state index contributed by atoms with van der Waals surface area (Å²) in [6.07, 6.45) is 1.95. The van der Waals surface area contributed by atoms with Gasteiger partial charge < -0.3 is 4.84 Å². The molecule has 0 atom stereocenters. The Hall–Kier alpha value is -1.44. The minimum atomic E-state index is -0.481. The van der Waals surface area contributed by atoms with Gasteiger partial charge in [0.2, 0.25) is 0 Å². The van der Waals surface area contributed by atoms with Crippen molar-refractivity contribution in [2.45, 2.75) is 18.3 Å². The third-order valence-corrected chi connectivity index (χ3v) is 2.91. The first-order chi connectivity index (χ1) is 7.22. The molecule has 0 amide bonds. The van der Waals surface area contributed by atoms with Crippen LogP contribution in [0.25, 0.3) is 0 Å². The zero-order valence-electron chi connectivity index (χ0n) is 8.16. The maximum atomic E-state index is 13.1. The molecule has 2 rings (SSSR count). The van der Waals surface area contributed by atoms with Gasteiger partial charge in [-0.15, -0.1) is 0 Å². The normalized spacial score (nSPS) is 17.1. The summed E-state index contributed by atoms with van der Waals surface area (Å²) in [4.78, 5) is 4.65. The smallest absolute Gasteiger partial charge is 0.140 e. The molecule has 1 fully saturated rings. The van der Waals surface area contributed by atoms with Crippen LogP contribution < -0.4 is 5.90 Å². The first kappa shape index (κ1) is 10.1. The summed E-state index contributed by atoms with van der Waals surface area (Å²) in [7, 11) is 0. The predicted octanol–water partition coefficient (Wildman–Crippen LogP) is 1.62. The Kier molecular flexibility index (Phi) is 2.43. The molecule has 0 saturated heterocycles. The molecule has 0 unspecified atom stereocenters. The van der Waals surface area contributed by atoms with E-state index in [9.17, 15) is 4.39 Å². The molecule has 1 aliphatic rings. The van der Waals surface area contributed by atoms with Crippen molar-refractivity contribution < 1.29 is 9.23 Å². The van der Waals surface area contributed by atoms with Gasteiger partial charge in [-0.2, -0.15) is 5.26 Å². The highest BCUT2D eigenvalue weighted by atomic mass is 19.1. The van der Waals surface area contributed by atoms with E-state index in [0.29, 0.717) is 6.61 Å². The molecule has 0 heterocycles. The van der Waals surface area contributed by atoms with Crippen LogP contribution in [-0.4, -0.2) is 6.61 Å². The molecule has 78 valence electrons. The second-order valence-corrected chi connectivity index (χ2v) is 3.90. The van der Waals surface area contributed by atoms with Gasteiger partial charge in [-0.3, -0.25) is 0 Å². The minimum absolute atomic E-state index is 0.0794. The summed E-state index contributed by atoms with van der Waals surface area (Å²) in [5, 5.41) is 8.71. The predicted molar refractivity (Wildman–Crippen MR) is 52.2 cm³/mol. The molecule has 0 radical (unpaired) electrons. The van der Waals surface area contributed by atoms with E-state index in [-0.39, 0.29) is 11.0 Å². The van der Waals surface area contributed by atoms with Gasteiger partial charge in [-0.1, -0.05) is 6.07 Å².